The number of carbonyl (C=O) groups is 1. The molecule has 0 aliphatic carbocycles. The lowest BCUT2D eigenvalue weighted by Crippen LogP contribution is -2.21. The van der Waals surface area contributed by atoms with Crippen LogP contribution < -0.4 is 5.32 Å². The molecule has 0 aromatic rings. The van der Waals surface area contributed by atoms with Gasteiger partial charge in [0.25, 0.3) is 0 Å². The Morgan fingerprint density at radius 3 is 2.62 bits per heavy atom. The van der Waals surface area contributed by atoms with Crippen LogP contribution in [0.5, 0.6) is 0 Å². The van der Waals surface area contributed by atoms with E-state index in [1.165, 1.54) is 0 Å². The number of hydrogen-bond acceptors (Lipinski definition) is 3. The van der Waals surface area contributed by atoms with Crippen LogP contribution in [0.1, 0.15) is 6.92 Å². The molecule has 0 saturated carbocycles. The first-order valence-electron chi connectivity index (χ1n) is 2.37. The number of hydrogen-bond donors (Lipinski definition) is 1. The van der Waals surface area contributed by atoms with Crippen LogP contribution in [0.4, 0.5) is 0 Å². The largest absolute Gasteiger partial charge is 0.409 e. The van der Waals surface area contributed by atoms with E-state index >= 15 is 0 Å². The van der Waals surface area contributed by atoms with Crippen molar-refractivity contribution in [1.82, 2.24) is 5.32 Å². The van der Waals surface area contributed by atoms with Gasteiger partial charge in [-0.2, -0.15) is 0 Å². The minimum Gasteiger partial charge on any atom is -0.409 e. The van der Waals surface area contributed by atoms with Gasteiger partial charge in [0, 0.05) is 0 Å². The van der Waals surface area contributed by atoms with Gasteiger partial charge < -0.3 is 10.1 Å². The lowest BCUT2D eigenvalue weighted by atomic mass is 10.4. The Labute approximate surface area is 47.3 Å². The van der Waals surface area contributed by atoms with Crippen LogP contribution in [0.25, 0.3) is 0 Å². The van der Waals surface area contributed by atoms with Crippen molar-refractivity contribution in [3.63, 3.8) is 0 Å². The van der Waals surface area contributed by atoms with Crippen molar-refractivity contribution in [3.05, 3.63) is 12.5 Å². The molecule has 1 saturated heterocycles. The topological polar surface area (TPSA) is 38.3 Å². The van der Waals surface area contributed by atoms with Crippen molar-refractivity contribution in [3.8, 4) is 0 Å². The number of ether oxygens (including phenoxy) is 1. The molecule has 44 valence electrons. The Morgan fingerprint density at radius 2 is 2.50 bits per heavy atom. The molecule has 0 spiro atoms. The van der Waals surface area contributed by atoms with Crippen molar-refractivity contribution in [1.29, 1.82) is 0 Å². The summed E-state index contributed by atoms with van der Waals surface area (Å²) in [4.78, 5) is 10.4. The summed E-state index contributed by atoms with van der Waals surface area (Å²) < 4.78 is 4.53. The highest BCUT2D eigenvalue weighted by Crippen LogP contribution is 2.03. The fourth-order valence-corrected chi connectivity index (χ4v) is 0.540. The summed E-state index contributed by atoms with van der Waals surface area (Å²) in [6.45, 7) is 5.12. The molecule has 1 rings (SSSR count). The molecule has 1 atom stereocenters. The van der Waals surface area contributed by atoms with E-state index < -0.39 is 0 Å². The van der Waals surface area contributed by atoms with Crippen molar-refractivity contribution >= 4 is 5.97 Å². The molecular formula is C5H7NO2. The SMILES string of the molecule is C=C1N[C@@H](C)C(=O)O1. The number of esters is 1. The molecule has 1 aliphatic rings. The van der Waals surface area contributed by atoms with Crippen LogP contribution in [-0.2, 0) is 9.53 Å². The fraction of sp³-hybridized carbons (Fsp3) is 0.400. The summed E-state index contributed by atoms with van der Waals surface area (Å²) in [6.07, 6.45) is 0. The zero-order valence-electron chi connectivity index (χ0n) is 4.60. The molecule has 1 aliphatic heterocycles. The van der Waals surface area contributed by atoms with E-state index in [0.717, 1.165) is 0 Å². The monoisotopic (exact) mass is 113 g/mol. The lowest BCUT2D eigenvalue weighted by molar-refractivity contribution is -0.136. The molecule has 1 heterocycles. The highest BCUT2D eigenvalue weighted by Gasteiger charge is 2.23. The number of nitrogens with one attached hydrogen (secondary N) is 1. The fourth-order valence-electron chi connectivity index (χ4n) is 0.540. The highest BCUT2D eigenvalue weighted by atomic mass is 16.6. The van der Waals surface area contributed by atoms with E-state index in [1.807, 2.05) is 0 Å². The summed E-state index contributed by atoms with van der Waals surface area (Å²) in [5.74, 6) is 0.0949. The maximum absolute atomic E-state index is 10.4. The first-order valence-corrected chi connectivity index (χ1v) is 2.37. The van der Waals surface area contributed by atoms with Crippen LogP contribution in [0.3, 0.4) is 0 Å². The molecule has 1 N–H and O–H groups in total. The van der Waals surface area contributed by atoms with Gasteiger partial charge in [0.15, 0.2) is 5.88 Å². The van der Waals surface area contributed by atoms with Gasteiger partial charge in [-0.1, -0.05) is 0 Å². The van der Waals surface area contributed by atoms with E-state index in [9.17, 15) is 4.79 Å². The predicted molar refractivity (Wildman–Crippen MR) is 27.8 cm³/mol. The Balaban J connectivity index is 2.64. The van der Waals surface area contributed by atoms with Gasteiger partial charge >= 0.3 is 5.97 Å². The molecule has 0 bridgehead atoms. The minimum atomic E-state index is -0.255. The van der Waals surface area contributed by atoms with Crippen molar-refractivity contribution in [2.45, 2.75) is 13.0 Å². The third kappa shape index (κ3) is 0.665. The number of rotatable bonds is 0. The van der Waals surface area contributed by atoms with Crippen LogP contribution in [0, 0.1) is 0 Å². The number of cyclic esters (lactones) is 1. The maximum atomic E-state index is 10.4. The Hall–Kier alpha value is -0.990. The van der Waals surface area contributed by atoms with Gasteiger partial charge in [-0.25, -0.2) is 4.79 Å². The maximum Gasteiger partial charge on any atom is 0.334 e. The lowest BCUT2D eigenvalue weighted by Gasteiger charge is -1.91. The van der Waals surface area contributed by atoms with E-state index in [-0.39, 0.29) is 12.0 Å². The van der Waals surface area contributed by atoms with Crippen LogP contribution in [-0.4, -0.2) is 12.0 Å². The molecular weight excluding hydrogens is 106 g/mol. The highest BCUT2D eigenvalue weighted by molar-refractivity contribution is 5.78. The second kappa shape index (κ2) is 1.51. The Kier molecular flexibility index (Phi) is 0.970. The van der Waals surface area contributed by atoms with E-state index in [2.05, 4.69) is 16.6 Å². The summed E-state index contributed by atoms with van der Waals surface area (Å²) in [5.41, 5.74) is 0. The smallest absolute Gasteiger partial charge is 0.334 e. The van der Waals surface area contributed by atoms with E-state index in [0.29, 0.717) is 5.88 Å². The Bertz CT molecular complexity index is 141. The van der Waals surface area contributed by atoms with Gasteiger partial charge in [-0.15, -0.1) is 0 Å². The van der Waals surface area contributed by atoms with Gasteiger partial charge in [-0.3, -0.25) is 0 Å². The minimum absolute atomic E-state index is 0.220. The average Bonchev–Trinajstić information content (AvgIpc) is 1.85. The Morgan fingerprint density at radius 1 is 1.88 bits per heavy atom. The first-order chi connectivity index (χ1) is 3.70. The summed E-state index contributed by atoms with van der Waals surface area (Å²) in [6, 6.07) is -0.220. The van der Waals surface area contributed by atoms with Crippen molar-refractivity contribution < 1.29 is 9.53 Å². The molecule has 0 aromatic heterocycles. The van der Waals surface area contributed by atoms with Crippen molar-refractivity contribution in [2.75, 3.05) is 0 Å². The van der Waals surface area contributed by atoms with Gasteiger partial charge in [0.05, 0.1) is 0 Å². The molecule has 0 aromatic carbocycles. The van der Waals surface area contributed by atoms with Gasteiger partial charge in [0.2, 0.25) is 0 Å². The van der Waals surface area contributed by atoms with Crippen LogP contribution >= 0.6 is 0 Å². The summed E-state index contributed by atoms with van der Waals surface area (Å²) >= 11 is 0. The van der Waals surface area contributed by atoms with Gasteiger partial charge in [-0.05, 0) is 13.5 Å². The molecule has 8 heavy (non-hydrogen) atoms. The zero-order chi connectivity index (χ0) is 6.15. The van der Waals surface area contributed by atoms with Crippen molar-refractivity contribution in [2.24, 2.45) is 0 Å². The second-order valence-corrected chi connectivity index (χ2v) is 1.71. The van der Waals surface area contributed by atoms with E-state index in [4.69, 9.17) is 0 Å². The third-order valence-electron chi connectivity index (χ3n) is 0.955. The standard InChI is InChI=1S/C5H7NO2/c1-3-5(7)8-4(2)6-3/h3,6H,2H2,1H3/t3-/m0/s1. The second-order valence-electron chi connectivity index (χ2n) is 1.71. The molecule has 1 fully saturated rings. The van der Waals surface area contributed by atoms with Gasteiger partial charge in [0.1, 0.15) is 6.04 Å². The van der Waals surface area contributed by atoms with Crippen LogP contribution in [0.15, 0.2) is 12.5 Å². The molecule has 0 unspecified atom stereocenters. The normalized spacial score (nSPS) is 27.4. The summed E-state index contributed by atoms with van der Waals surface area (Å²) in [7, 11) is 0. The molecule has 0 radical (unpaired) electrons. The van der Waals surface area contributed by atoms with E-state index in [1.54, 1.807) is 6.92 Å². The first kappa shape index (κ1) is 5.15. The van der Waals surface area contributed by atoms with Crippen LogP contribution in [0.2, 0.25) is 0 Å². The molecule has 0 amide bonds. The molecule has 3 nitrogen and oxygen atoms in total. The third-order valence-corrected chi connectivity index (χ3v) is 0.955. The quantitative estimate of drug-likeness (QED) is 0.449. The zero-order valence-corrected chi connectivity index (χ0v) is 4.60. The summed E-state index contributed by atoms with van der Waals surface area (Å²) in [5, 5.41) is 2.70. The predicted octanol–water partition coefficient (Wildman–Crippen LogP) is -0.00750. The average molecular weight is 113 g/mol. The molecule has 3 heteroatoms. The number of carbonyl (C=O) groups excluding carboxylic acids is 1.